The molecule has 1 aromatic heterocycles. The van der Waals surface area contributed by atoms with Crippen LogP contribution < -0.4 is 38.1 Å². The molecular weight excluding hydrogens is 708 g/mol. The van der Waals surface area contributed by atoms with Gasteiger partial charge in [0.25, 0.3) is 0 Å². The molecule has 4 rings (SSSR count). The molecule has 3 heterocycles. The van der Waals surface area contributed by atoms with E-state index >= 15 is 0 Å². The highest BCUT2D eigenvalue weighted by Crippen LogP contribution is 2.28. The monoisotopic (exact) mass is 770 g/mol. The van der Waals surface area contributed by atoms with Gasteiger partial charge in [0.2, 0.25) is 35.4 Å². The standard InChI is InChI=1S/C37H62N12O6/c1-37(2,3)30(31(38)51)45-33(53)25(15-10-19-41-36(39)40)42-32(52)26-18-21-48-22-24(46-47-48)14-8-5-9-17-28(50)49-20-11-16-27(49)34(54)44-29(35(55)43-26)23-12-6-4-7-13-23/h22-23,25-27,29-30H,4-21H2,1-3H3,(H2,38,51)(H,42,52)(H,43,55)(H,44,54)(H,45,53)(H4,39,40,41)/t25-,26-,27-,29-,30+/m0/s1. The molecule has 3 aliphatic rings. The van der Waals surface area contributed by atoms with Gasteiger partial charge in [-0.25, -0.2) is 0 Å². The normalized spacial score (nSPS) is 23.4. The predicted octanol–water partition coefficient (Wildman–Crippen LogP) is 0.0899. The summed E-state index contributed by atoms with van der Waals surface area (Å²) >= 11 is 0. The van der Waals surface area contributed by atoms with Crippen molar-refractivity contribution in [2.24, 2.45) is 22.8 Å². The van der Waals surface area contributed by atoms with Gasteiger partial charge in [0.05, 0.1) is 5.69 Å². The summed E-state index contributed by atoms with van der Waals surface area (Å²) in [6, 6.07) is -4.95. The highest BCUT2D eigenvalue weighted by molar-refractivity contribution is 5.96. The molecule has 18 heteroatoms. The summed E-state index contributed by atoms with van der Waals surface area (Å²) in [5.41, 5.74) is 11.1. The minimum Gasteiger partial charge on any atom is -0.370 e. The van der Waals surface area contributed by atoms with Crippen LogP contribution in [0.2, 0.25) is 0 Å². The summed E-state index contributed by atoms with van der Waals surface area (Å²) < 4.78 is 1.60. The molecule has 2 fully saturated rings. The third kappa shape index (κ3) is 12.9. The first-order valence-electron chi connectivity index (χ1n) is 19.9. The Morgan fingerprint density at radius 3 is 2.31 bits per heavy atom. The lowest BCUT2D eigenvalue weighted by atomic mass is 9.83. The van der Waals surface area contributed by atoms with Crippen molar-refractivity contribution >= 4 is 41.4 Å². The molecule has 1 saturated heterocycles. The van der Waals surface area contributed by atoms with Gasteiger partial charge in [-0.3, -0.25) is 38.9 Å². The number of nitrogens with zero attached hydrogens (tertiary/aromatic N) is 4. The summed E-state index contributed by atoms with van der Waals surface area (Å²) in [4.78, 5) is 83.4. The van der Waals surface area contributed by atoms with Crippen LogP contribution in [-0.4, -0.2) is 105 Å². The van der Waals surface area contributed by atoms with Crippen LogP contribution in [-0.2, 0) is 41.7 Å². The fourth-order valence-electron chi connectivity index (χ4n) is 7.74. The van der Waals surface area contributed by atoms with Gasteiger partial charge in [0.15, 0.2) is 5.96 Å². The Labute approximate surface area is 323 Å². The Morgan fingerprint density at radius 1 is 0.909 bits per heavy atom. The summed E-state index contributed by atoms with van der Waals surface area (Å²) in [5, 5.41) is 30.1. The topological polar surface area (TPSA) is 272 Å². The van der Waals surface area contributed by atoms with Crippen LogP contribution in [0.5, 0.6) is 0 Å². The third-order valence-electron chi connectivity index (χ3n) is 10.8. The fraction of sp³-hybridized carbons (Fsp3) is 0.757. The van der Waals surface area contributed by atoms with E-state index in [9.17, 15) is 28.8 Å². The molecule has 55 heavy (non-hydrogen) atoms. The van der Waals surface area contributed by atoms with E-state index in [1.54, 1.807) is 36.5 Å². The summed E-state index contributed by atoms with van der Waals surface area (Å²) in [6.07, 6.45) is 11.1. The molecule has 2 bridgehead atoms. The summed E-state index contributed by atoms with van der Waals surface area (Å²) in [6.45, 7) is 6.21. The van der Waals surface area contributed by atoms with Crippen molar-refractivity contribution in [1.29, 1.82) is 5.41 Å². The first-order valence-corrected chi connectivity index (χ1v) is 19.9. The van der Waals surface area contributed by atoms with Gasteiger partial charge in [-0.15, -0.1) is 5.10 Å². The number of rotatable bonds is 10. The van der Waals surface area contributed by atoms with E-state index in [-0.39, 0.29) is 49.6 Å². The maximum Gasteiger partial charge on any atom is 0.243 e. The van der Waals surface area contributed by atoms with E-state index in [4.69, 9.17) is 16.9 Å². The van der Waals surface area contributed by atoms with Gasteiger partial charge in [-0.2, -0.15) is 0 Å². The molecule has 0 spiro atoms. The van der Waals surface area contributed by atoms with Gasteiger partial charge in [0.1, 0.15) is 30.2 Å². The molecule has 1 aliphatic carbocycles. The highest BCUT2D eigenvalue weighted by Gasteiger charge is 2.40. The number of aromatic nitrogens is 3. The molecule has 0 radical (unpaired) electrons. The molecule has 306 valence electrons. The minimum atomic E-state index is -1.16. The molecule has 0 unspecified atom stereocenters. The van der Waals surface area contributed by atoms with Crippen molar-refractivity contribution in [1.82, 2.24) is 46.5 Å². The van der Waals surface area contributed by atoms with Gasteiger partial charge >= 0.3 is 0 Å². The third-order valence-corrected chi connectivity index (χ3v) is 10.8. The Hall–Kier alpha value is -4.77. The molecule has 5 atom stereocenters. The quantitative estimate of drug-likeness (QED) is 0.0902. The maximum absolute atomic E-state index is 14.3. The molecule has 2 aliphatic heterocycles. The fourth-order valence-corrected chi connectivity index (χ4v) is 7.74. The average molecular weight is 771 g/mol. The number of nitrogens with two attached hydrogens (primary N) is 2. The Balaban J connectivity index is 1.63. The van der Waals surface area contributed by atoms with Gasteiger partial charge in [-0.05, 0) is 75.5 Å². The van der Waals surface area contributed by atoms with Crippen molar-refractivity contribution in [2.75, 3.05) is 13.1 Å². The van der Waals surface area contributed by atoms with Crippen molar-refractivity contribution in [2.45, 2.75) is 154 Å². The number of hydrogen-bond acceptors (Lipinski definition) is 9. The van der Waals surface area contributed by atoms with Crippen molar-refractivity contribution in [3.63, 3.8) is 0 Å². The Bertz CT molecular complexity index is 1520. The number of fused-ring (bicyclic) bond motifs is 3. The number of nitrogens with one attached hydrogen (secondary N) is 6. The number of carbonyl (C=O) groups excluding carboxylic acids is 6. The Morgan fingerprint density at radius 2 is 1.62 bits per heavy atom. The van der Waals surface area contributed by atoms with Crippen molar-refractivity contribution in [3.05, 3.63) is 11.9 Å². The number of aryl methyl sites for hydroxylation is 2. The zero-order valence-electron chi connectivity index (χ0n) is 32.7. The van der Waals surface area contributed by atoms with Crippen molar-refractivity contribution in [3.8, 4) is 0 Å². The first kappa shape index (κ1) is 43.0. The van der Waals surface area contributed by atoms with Crippen LogP contribution in [0.4, 0.5) is 0 Å². The zero-order chi connectivity index (χ0) is 40.1. The van der Waals surface area contributed by atoms with Crippen LogP contribution in [0.1, 0.15) is 116 Å². The average Bonchev–Trinajstić information content (AvgIpc) is 3.81. The summed E-state index contributed by atoms with van der Waals surface area (Å²) in [7, 11) is 0. The summed E-state index contributed by atoms with van der Waals surface area (Å²) in [5.74, 6) is -3.40. The largest absolute Gasteiger partial charge is 0.370 e. The second-order valence-corrected chi connectivity index (χ2v) is 16.3. The van der Waals surface area contributed by atoms with E-state index < -0.39 is 59.3 Å². The van der Waals surface area contributed by atoms with E-state index in [2.05, 4.69) is 36.9 Å². The number of carbonyl (C=O) groups is 6. The minimum absolute atomic E-state index is 0.0720. The number of hydrogen-bond donors (Lipinski definition) is 8. The molecule has 1 aromatic rings. The van der Waals surface area contributed by atoms with Crippen LogP contribution in [0.15, 0.2) is 6.20 Å². The van der Waals surface area contributed by atoms with Crippen LogP contribution in [0, 0.1) is 16.7 Å². The lowest BCUT2D eigenvalue weighted by Crippen LogP contribution is -2.61. The van der Waals surface area contributed by atoms with Crippen LogP contribution >= 0.6 is 0 Å². The van der Waals surface area contributed by atoms with E-state index in [1.165, 1.54) is 0 Å². The van der Waals surface area contributed by atoms with Gasteiger partial charge < -0.3 is 43.0 Å². The van der Waals surface area contributed by atoms with E-state index in [0.29, 0.717) is 45.1 Å². The van der Waals surface area contributed by atoms with Crippen LogP contribution in [0.25, 0.3) is 0 Å². The van der Waals surface area contributed by atoms with Crippen LogP contribution in [0.3, 0.4) is 0 Å². The molecular formula is C37H62N12O6. The molecule has 10 N–H and O–H groups in total. The number of primary amides is 1. The highest BCUT2D eigenvalue weighted by atomic mass is 16.2. The second kappa shape index (κ2) is 20.2. The number of guanidine groups is 1. The SMILES string of the molecule is CC(C)(C)[C@H](NC(=O)[C@H](CCCNC(=N)N)NC(=O)[C@@H]1CCn2cc(nn2)CCCCCC(=O)N2CCC[C@H]2C(=O)N[C@@H](C2CCCCC2)C(=O)N1)C(N)=O. The smallest absolute Gasteiger partial charge is 0.243 e. The second-order valence-electron chi connectivity index (χ2n) is 16.3. The van der Waals surface area contributed by atoms with Gasteiger partial charge in [0, 0.05) is 32.3 Å². The molecule has 0 aromatic carbocycles. The first-order chi connectivity index (χ1) is 26.1. The van der Waals surface area contributed by atoms with Crippen molar-refractivity contribution < 1.29 is 28.8 Å². The maximum atomic E-state index is 14.3. The molecule has 1 saturated carbocycles. The lowest BCUT2D eigenvalue weighted by Gasteiger charge is -2.33. The molecule has 18 nitrogen and oxygen atoms in total. The number of amides is 6. The molecule has 6 amide bonds. The zero-order valence-corrected chi connectivity index (χ0v) is 32.7. The lowest BCUT2D eigenvalue weighted by molar-refractivity contribution is -0.140. The predicted molar refractivity (Wildman–Crippen MR) is 204 cm³/mol. The van der Waals surface area contributed by atoms with E-state index in [0.717, 1.165) is 50.6 Å². The van der Waals surface area contributed by atoms with E-state index in [1.807, 2.05) is 0 Å². The van der Waals surface area contributed by atoms with Gasteiger partial charge in [-0.1, -0.05) is 51.7 Å². The Kier molecular flexibility index (Phi) is 15.8.